The van der Waals surface area contributed by atoms with E-state index in [-0.39, 0.29) is 12.4 Å². The highest BCUT2D eigenvalue weighted by Gasteiger charge is 2.48. The minimum Gasteiger partial charge on any atom is -0.394 e. The lowest BCUT2D eigenvalue weighted by atomic mass is 10.1. The molecule has 11 nitrogen and oxygen atoms in total. The predicted octanol–water partition coefficient (Wildman–Crippen LogP) is -1.40. The molecule has 0 aromatic carbocycles. The summed E-state index contributed by atoms with van der Waals surface area (Å²) in [6.07, 6.45) is -4.05. The van der Waals surface area contributed by atoms with Crippen LogP contribution in [0, 0.1) is 0 Å². The van der Waals surface area contributed by atoms with Crippen molar-refractivity contribution in [1.82, 2.24) is 9.55 Å². The Morgan fingerprint density at radius 3 is 2.83 bits per heavy atom. The lowest BCUT2D eigenvalue weighted by molar-refractivity contribution is -0.0549. The maximum atomic E-state index is 11.8. The van der Waals surface area contributed by atoms with E-state index in [4.69, 9.17) is 15.0 Å². The monoisotopic (exact) mass is 351 g/mol. The van der Waals surface area contributed by atoms with Crippen LogP contribution in [0.1, 0.15) is 13.2 Å². The van der Waals surface area contributed by atoms with Gasteiger partial charge in [-0.25, -0.2) is 9.36 Å². The Labute approximate surface area is 130 Å². The molecule has 2 heterocycles. The fourth-order valence-corrected chi connectivity index (χ4v) is 3.15. The van der Waals surface area contributed by atoms with Crippen molar-refractivity contribution in [1.29, 1.82) is 0 Å². The second-order valence-electron chi connectivity index (χ2n) is 4.74. The average Bonchev–Trinajstić information content (AvgIpc) is 2.75. The van der Waals surface area contributed by atoms with Crippen molar-refractivity contribution in [2.24, 2.45) is 0 Å². The molecule has 5 N–H and O–H groups in total. The van der Waals surface area contributed by atoms with E-state index >= 15 is 0 Å². The van der Waals surface area contributed by atoms with Gasteiger partial charge < -0.3 is 25.6 Å². The number of rotatable bonds is 6. The zero-order valence-corrected chi connectivity index (χ0v) is 13.1. The Morgan fingerprint density at radius 1 is 1.57 bits per heavy atom. The van der Waals surface area contributed by atoms with Crippen molar-refractivity contribution in [2.75, 3.05) is 18.9 Å². The summed E-state index contributed by atoms with van der Waals surface area (Å²) in [5.74, 6) is -0.0125. The van der Waals surface area contributed by atoms with Gasteiger partial charge in [0.1, 0.15) is 24.1 Å². The minimum absolute atomic E-state index is 0.0125. The molecule has 0 bridgehead atoms. The average molecular weight is 351 g/mol. The number of hydrogen-bond acceptors (Lipinski definition) is 9. The third kappa shape index (κ3) is 3.96. The van der Waals surface area contributed by atoms with Crippen molar-refractivity contribution < 1.29 is 33.5 Å². The molecule has 1 unspecified atom stereocenters. The summed E-state index contributed by atoms with van der Waals surface area (Å²) in [5.41, 5.74) is 4.59. The molecule has 0 amide bonds. The second kappa shape index (κ2) is 7.05. The first kappa shape index (κ1) is 18.0. The van der Waals surface area contributed by atoms with Gasteiger partial charge in [0.25, 0.3) is 0 Å². The van der Waals surface area contributed by atoms with Gasteiger partial charge in [-0.3, -0.25) is 13.6 Å². The largest absolute Gasteiger partial charge is 0.472 e. The molecule has 1 aliphatic heterocycles. The van der Waals surface area contributed by atoms with Crippen LogP contribution in [0.25, 0.3) is 0 Å². The van der Waals surface area contributed by atoms with E-state index in [1.54, 1.807) is 0 Å². The Bertz CT molecular complexity index is 652. The summed E-state index contributed by atoms with van der Waals surface area (Å²) in [7, 11) is -4.44. The van der Waals surface area contributed by atoms with E-state index in [1.165, 1.54) is 19.2 Å². The van der Waals surface area contributed by atoms with Crippen LogP contribution in [0.5, 0.6) is 0 Å². The number of nitrogens with two attached hydrogens (primary N) is 1. The molecule has 130 valence electrons. The molecule has 1 saturated heterocycles. The van der Waals surface area contributed by atoms with Crippen molar-refractivity contribution >= 4 is 13.6 Å². The Morgan fingerprint density at radius 2 is 2.26 bits per heavy atom. The van der Waals surface area contributed by atoms with Crippen LogP contribution in [0.15, 0.2) is 17.1 Å². The number of anilines is 1. The van der Waals surface area contributed by atoms with Crippen LogP contribution in [0.4, 0.5) is 5.82 Å². The number of phosphoric acid groups is 1. The Kier molecular flexibility index (Phi) is 5.53. The standard InChI is InChI=1S/C11H18N3O8P/c1-2-20-23(18,19)22-9-6(5-15)21-10(8(9)16)14-4-3-7(12)13-11(14)17/h3-4,6,8-10,15-16H,2,5H2,1H3,(H,18,19)(H2,12,13,17)/t6-,8-,9-,10-/m1/s1. The second-order valence-corrected chi connectivity index (χ2v) is 6.14. The molecule has 2 rings (SSSR count). The van der Waals surface area contributed by atoms with Crippen LogP contribution in [-0.2, 0) is 18.3 Å². The topological polar surface area (TPSA) is 166 Å². The molecular weight excluding hydrogens is 333 g/mol. The minimum atomic E-state index is -4.44. The molecule has 0 aliphatic carbocycles. The lowest BCUT2D eigenvalue weighted by Gasteiger charge is -2.22. The van der Waals surface area contributed by atoms with Gasteiger partial charge in [0.05, 0.1) is 13.2 Å². The Hall–Kier alpha value is -1.33. The highest BCUT2D eigenvalue weighted by Crippen LogP contribution is 2.48. The summed E-state index contributed by atoms with van der Waals surface area (Å²) in [4.78, 5) is 24.8. The van der Waals surface area contributed by atoms with Gasteiger partial charge in [-0.05, 0) is 13.0 Å². The van der Waals surface area contributed by atoms with Gasteiger partial charge in [-0.15, -0.1) is 0 Å². The molecule has 23 heavy (non-hydrogen) atoms. The van der Waals surface area contributed by atoms with Crippen LogP contribution in [-0.4, -0.2) is 56.2 Å². The first-order chi connectivity index (χ1) is 10.8. The van der Waals surface area contributed by atoms with Crippen molar-refractivity contribution in [3.63, 3.8) is 0 Å². The quantitative estimate of drug-likeness (QED) is 0.447. The van der Waals surface area contributed by atoms with Gasteiger partial charge in [0.15, 0.2) is 6.23 Å². The maximum Gasteiger partial charge on any atom is 0.472 e. The van der Waals surface area contributed by atoms with E-state index in [0.29, 0.717) is 0 Å². The molecule has 1 aromatic heterocycles. The number of aromatic nitrogens is 2. The highest BCUT2D eigenvalue weighted by molar-refractivity contribution is 7.47. The molecule has 0 radical (unpaired) electrons. The van der Waals surface area contributed by atoms with Gasteiger partial charge >= 0.3 is 13.5 Å². The number of ether oxygens (including phenoxy) is 1. The first-order valence-electron chi connectivity index (χ1n) is 6.74. The SMILES string of the molecule is CCOP(=O)(O)O[C@H]1[C@@H](O)[C@H](n2ccc(N)nc2=O)O[C@@H]1CO. The number of nitrogens with zero attached hydrogens (tertiary/aromatic N) is 2. The normalized spacial score (nSPS) is 30.3. The summed E-state index contributed by atoms with van der Waals surface area (Å²) < 4.78 is 27.4. The summed E-state index contributed by atoms with van der Waals surface area (Å²) in [6, 6.07) is 1.32. The highest BCUT2D eigenvalue weighted by atomic mass is 31.2. The van der Waals surface area contributed by atoms with Gasteiger partial charge in [0.2, 0.25) is 0 Å². The third-order valence-corrected chi connectivity index (χ3v) is 4.26. The molecule has 1 fully saturated rings. The summed E-state index contributed by atoms with van der Waals surface area (Å²) in [5, 5.41) is 19.6. The van der Waals surface area contributed by atoms with Gasteiger partial charge in [0, 0.05) is 6.20 Å². The van der Waals surface area contributed by atoms with Gasteiger partial charge in [-0.1, -0.05) is 0 Å². The van der Waals surface area contributed by atoms with Crippen LogP contribution in [0.2, 0.25) is 0 Å². The smallest absolute Gasteiger partial charge is 0.394 e. The molecular formula is C11H18N3O8P. The molecule has 5 atom stereocenters. The zero-order chi connectivity index (χ0) is 17.2. The summed E-state index contributed by atoms with van der Waals surface area (Å²) in [6.45, 7) is 0.785. The molecule has 12 heteroatoms. The number of aliphatic hydroxyl groups excluding tert-OH is 2. The van der Waals surface area contributed by atoms with E-state index in [2.05, 4.69) is 9.51 Å². The Balaban J connectivity index is 2.26. The number of aliphatic hydroxyl groups is 2. The summed E-state index contributed by atoms with van der Waals surface area (Å²) >= 11 is 0. The van der Waals surface area contributed by atoms with Crippen LogP contribution >= 0.6 is 7.82 Å². The van der Waals surface area contributed by atoms with Crippen molar-refractivity contribution in [2.45, 2.75) is 31.5 Å². The van der Waals surface area contributed by atoms with Crippen LogP contribution in [0.3, 0.4) is 0 Å². The van der Waals surface area contributed by atoms with E-state index in [1.807, 2.05) is 0 Å². The van der Waals surface area contributed by atoms with Gasteiger partial charge in [-0.2, -0.15) is 4.98 Å². The zero-order valence-electron chi connectivity index (χ0n) is 12.2. The molecule has 0 saturated carbocycles. The first-order valence-corrected chi connectivity index (χ1v) is 8.23. The number of phosphoric ester groups is 1. The van der Waals surface area contributed by atoms with E-state index < -0.39 is 44.7 Å². The predicted molar refractivity (Wildman–Crippen MR) is 76.2 cm³/mol. The molecule has 1 aliphatic rings. The number of nitrogen functional groups attached to an aromatic ring is 1. The number of hydrogen-bond donors (Lipinski definition) is 4. The fraction of sp³-hybridized carbons (Fsp3) is 0.636. The fourth-order valence-electron chi connectivity index (χ4n) is 2.19. The molecule has 1 aromatic rings. The third-order valence-electron chi connectivity index (χ3n) is 3.16. The maximum absolute atomic E-state index is 11.8. The van der Waals surface area contributed by atoms with Crippen LogP contribution < -0.4 is 11.4 Å². The lowest BCUT2D eigenvalue weighted by Crippen LogP contribution is -2.37. The van der Waals surface area contributed by atoms with E-state index in [0.717, 1.165) is 4.57 Å². The van der Waals surface area contributed by atoms with Crippen molar-refractivity contribution in [3.8, 4) is 0 Å². The molecule has 0 spiro atoms. The van der Waals surface area contributed by atoms with Crippen molar-refractivity contribution in [3.05, 3.63) is 22.7 Å². The van der Waals surface area contributed by atoms with E-state index in [9.17, 15) is 24.5 Å².